The molecule has 1 N–H and O–H groups in total. The van der Waals surface area contributed by atoms with Crippen LogP contribution in [0.15, 0.2) is 37.0 Å². The summed E-state index contributed by atoms with van der Waals surface area (Å²) in [7, 11) is 1.86. The Morgan fingerprint density at radius 3 is 3.03 bits per heavy atom. The number of nitrogens with one attached hydrogen (secondary N) is 1. The molecule has 1 unspecified atom stereocenters. The van der Waals surface area contributed by atoms with E-state index in [0.29, 0.717) is 30.2 Å². The van der Waals surface area contributed by atoms with Gasteiger partial charge in [0.1, 0.15) is 18.2 Å². The van der Waals surface area contributed by atoms with E-state index in [0.717, 1.165) is 42.5 Å². The first-order valence-corrected chi connectivity index (χ1v) is 9.91. The second kappa shape index (κ2) is 8.71. The lowest BCUT2D eigenvalue weighted by Gasteiger charge is -2.23. The third-order valence-corrected chi connectivity index (χ3v) is 5.07. The van der Waals surface area contributed by atoms with Crippen LogP contribution in [0.3, 0.4) is 0 Å². The van der Waals surface area contributed by atoms with E-state index >= 15 is 0 Å². The minimum absolute atomic E-state index is 0.0952. The predicted octanol–water partition coefficient (Wildman–Crippen LogP) is 4.18. The molecule has 3 heterocycles. The van der Waals surface area contributed by atoms with E-state index in [9.17, 15) is 4.39 Å². The lowest BCUT2D eigenvalue weighted by atomic mass is 10.1. The molecule has 0 spiro atoms. The molecule has 0 radical (unpaired) electrons. The molecule has 7 heteroatoms. The van der Waals surface area contributed by atoms with Gasteiger partial charge in [0.05, 0.1) is 23.1 Å². The lowest BCUT2D eigenvalue weighted by molar-refractivity contribution is -0.0367. The van der Waals surface area contributed by atoms with Crippen molar-refractivity contribution in [2.45, 2.75) is 25.5 Å². The van der Waals surface area contributed by atoms with Crippen molar-refractivity contribution in [3.05, 3.63) is 48.6 Å². The number of rotatable bonds is 7. The molecule has 1 aliphatic heterocycles. The summed E-state index contributed by atoms with van der Waals surface area (Å²) in [6.07, 6.45) is 6.50. The van der Waals surface area contributed by atoms with Crippen LogP contribution >= 0.6 is 0 Å². The molecule has 29 heavy (non-hydrogen) atoms. The van der Waals surface area contributed by atoms with Gasteiger partial charge in [-0.15, -0.1) is 0 Å². The zero-order valence-corrected chi connectivity index (χ0v) is 16.5. The largest absolute Gasteiger partial charge is 0.492 e. The third-order valence-electron chi connectivity index (χ3n) is 5.07. The average Bonchev–Trinajstić information content (AvgIpc) is 3.13. The van der Waals surface area contributed by atoms with Gasteiger partial charge in [-0.1, -0.05) is 6.58 Å². The summed E-state index contributed by atoms with van der Waals surface area (Å²) in [5.74, 6) is 0.259. The molecule has 1 atom stereocenters. The highest BCUT2D eigenvalue weighted by molar-refractivity contribution is 5.89. The topological polar surface area (TPSA) is 61.2 Å². The first-order chi connectivity index (χ1) is 14.2. The van der Waals surface area contributed by atoms with Crippen LogP contribution < -0.4 is 10.1 Å². The fraction of sp³-hybridized carbons (Fsp3) is 0.364. The fourth-order valence-electron chi connectivity index (χ4n) is 3.59. The molecule has 0 aliphatic carbocycles. The van der Waals surface area contributed by atoms with E-state index in [4.69, 9.17) is 9.47 Å². The third kappa shape index (κ3) is 4.02. The summed E-state index contributed by atoms with van der Waals surface area (Å²) < 4.78 is 27.6. The molecule has 0 amide bonds. The molecule has 2 aromatic heterocycles. The van der Waals surface area contributed by atoms with Crippen molar-refractivity contribution in [3.63, 3.8) is 0 Å². The van der Waals surface area contributed by atoms with Crippen molar-refractivity contribution in [2.24, 2.45) is 0 Å². The van der Waals surface area contributed by atoms with Gasteiger partial charge in [-0.3, -0.25) is 4.98 Å². The quantitative estimate of drug-likeness (QED) is 0.607. The van der Waals surface area contributed by atoms with Crippen LogP contribution in [0.25, 0.3) is 28.2 Å². The summed E-state index contributed by atoms with van der Waals surface area (Å²) in [5.41, 5.74) is 2.87. The highest BCUT2D eigenvalue weighted by atomic mass is 19.1. The molecule has 3 aromatic rings. The maximum Gasteiger partial charge on any atom is 0.150 e. The normalized spacial score (nSPS) is 16.8. The van der Waals surface area contributed by atoms with Gasteiger partial charge in [0, 0.05) is 24.1 Å². The van der Waals surface area contributed by atoms with Gasteiger partial charge in [-0.2, -0.15) is 5.10 Å². The number of aromatic nitrogens is 3. The van der Waals surface area contributed by atoms with Gasteiger partial charge in [-0.25, -0.2) is 9.07 Å². The Balaban J connectivity index is 1.76. The second-order valence-corrected chi connectivity index (χ2v) is 7.03. The smallest absolute Gasteiger partial charge is 0.150 e. The Kier molecular flexibility index (Phi) is 5.87. The van der Waals surface area contributed by atoms with E-state index in [1.165, 1.54) is 12.1 Å². The molecule has 1 fully saturated rings. The van der Waals surface area contributed by atoms with Gasteiger partial charge in [-0.05, 0) is 56.7 Å². The van der Waals surface area contributed by atoms with Crippen molar-refractivity contribution in [2.75, 3.05) is 26.8 Å². The Morgan fingerprint density at radius 1 is 1.38 bits per heavy atom. The number of fused-ring (bicyclic) bond motifs is 1. The highest BCUT2D eigenvalue weighted by Crippen LogP contribution is 2.34. The Labute approximate surface area is 169 Å². The van der Waals surface area contributed by atoms with Crippen LogP contribution in [-0.2, 0) is 4.74 Å². The van der Waals surface area contributed by atoms with Crippen molar-refractivity contribution in [1.29, 1.82) is 0 Å². The molecule has 1 aliphatic rings. The van der Waals surface area contributed by atoms with Crippen LogP contribution in [0.2, 0.25) is 0 Å². The molecule has 0 saturated carbocycles. The predicted molar refractivity (Wildman–Crippen MR) is 111 cm³/mol. The van der Waals surface area contributed by atoms with Crippen molar-refractivity contribution >= 4 is 17.0 Å². The summed E-state index contributed by atoms with van der Waals surface area (Å²) >= 11 is 0. The highest BCUT2D eigenvalue weighted by Gasteiger charge is 2.21. The summed E-state index contributed by atoms with van der Waals surface area (Å²) in [5, 5.41) is 8.63. The number of nitrogens with zero attached hydrogens (tertiary/aromatic N) is 3. The number of hydrogen-bond acceptors (Lipinski definition) is 5. The van der Waals surface area contributed by atoms with Crippen LogP contribution in [-0.4, -0.2) is 41.6 Å². The Morgan fingerprint density at radius 2 is 2.28 bits per heavy atom. The van der Waals surface area contributed by atoms with Crippen LogP contribution in [0, 0.1) is 5.82 Å². The van der Waals surface area contributed by atoms with Gasteiger partial charge < -0.3 is 14.8 Å². The van der Waals surface area contributed by atoms with E-state index < -0.39 is 0 Å². The molecule has 1 saturated heterocycles. The maximum absolute atomic E-state index is 14.0. The van der Waals surface area contributed by atoms with Crippen LogP contribution in [0.1, 0.15) is 31.2 Å². The van der Waals surface area contributed by atoms with E-state index in [2.05, 4.69) is 22.0 Å². The number of halogens is 1. The molecule has 152 valence electrons. The Hall–Kier alpha value is -2.77. The summed E-state index contributed by atoms with van der Waals surface area (Å²) in [4.78, 5) is 4.60. The van der Waals surface area contributed by atoms with Crippen LogP contribution in [0.5, 0.6) is 5.75 Å². The van der Waals surface area contributed by atoms with Crippen LogP contribution in [0.4, 0.5) is 4.39 Å². The number of likely N-dealkylation sites (N-methyl/N-ethyl adjacent to an activating group) is 1. The number of pyridine rings is 1. The lowest BCUT2D eigenvalue weighted by Crippen LogP contribution is -2.19. The molecule has 4 rings (SSSR count). The monoisotopic (exact) mass is 396 g/mol. The SMILES string of the molecule is C=Cc1nn(C2CCCCO2)c2cnc(-c3cc(F)ccc3OCCNC)cc12. The molecule has 0 bridgehead atoms. The maximum atomic E-state index is 14.0. The Bertz CT molecular complexity index is 1010. The standard InChI is InChI=1S/C22H25FN4O2/c1-3-18-16-13-19(17-12-15(23)7-8-21(17)28-11-9-24-2)25-14-20(16)27(26-18)22-6-4-5-10-29-22/h3,7-8,12-14,22,24H,1,4-6,9-11H2,2H3. The summed E-state index contributed by atoms with van der Waals surface area (Å²) in [6, 6.07) is 6.40. The first kappa shape index (κ1) is 19.5. The van der Waals surface area contributed by atoms with Crippen molar-refractivity contribution in [1.82, 2.24) is 20.1 Å². The minimum Gasteiger partial charge on any atom is -0.492 e. The number of benzene rings is 1. The zero-order chi connectivity index (χ0) is 20.2. The minimum atomic E-state index is -0.335. The van der Waals surface area contributed by atoms with E-state index in [-0.39, 0.29) is 12.0 Å². The zero-order valence-electron chi connectivity index (χ0n) is 16.5. The molecular formula is C22H25FN4O2. The van der Waals surface area contributed by atoms with Gasteiger partial charge in [0.25, 0.3) is 0 Å². The average molecular weight is 396 g/mol. The number of hydrogen-bond donors (Lipinski definition) is 1. The molecule has 1 aromatic carbocycles. The first-order valence-electron chi connectivity index (χ1n) is 9.91. The number of ether oxygens (including phenoxy) is 2. The molecular weight excluding hydrogens is 371 g/mol. The van der Waals surface area contributed by atoms with Gasteiger partial charge >= 0.3 is 0 Å². The molecule has 6 nitrogen and oxygen atoms in total. The van der Waals surface area contributed by atoms with Crippen molar-refractivity contribution in [3.8, 4) is 17.0 Å². The van der Waals surface area contributed by atoms with Gasteiger partial charge in [0.15, 0.2) is 6.23 Å². The van der Waals surface area contributed by atoms with E-state index in [1.54, 1.807) is 18.3 Å². The van der Waals surface area contributed by atoms with E-state index in [1.807, 2.05) is 17.8 Å². The van der Waals surface area contributed by atoms with Crippen molar-refractivity contribution < 1.29 is 13.9 Å². The summed E-state index contributed by atoms with van der Waals surface area (Å²) in [6.45, 7) is 5.80. The fourth-order valence-corrected chi connectivity index (χ4v) is 3.59. The van der Waals surface area contributed by atoms with Gasteiger partial charge in [0.2, 0.25) is 0 Å². The second-order valence-electron chi connectivity index (χ2n) is 7.03.